The van der Waals surface area contributed by atoms with Crippen LogP contribution >= 0.6 is 0 Å². The third-order valence-corrected chi connectivity index (χ3v) is 1.31. The zero-order valence-electron chi connectivity index (χ0n) is 6.41. The van der Waals surface area contributed by atoms with Crippen molar-refractivity contribution < 1.29 is 9.84 Å². The summed E-state index contributed by atoms with van der Waals surface area (Å²) in [6.07, 6.45) is 1.44. The summed E-state index contributed by atoms with van der Waals surface area (Å²) in [7, 11) is 0. The minimum atomic E-state index is -0.384. The SMILES string of the molecule is Nc1c(OCCO)cc[nH]c1=O. The monoisotopic (exact) mass is 170 g/mol. The Morgan fingerprint density at radius 1 is 1.67 bits per heavy atom. The lowest BCUT2D eigenvalue weighted by Gasteiger charge is -2.04. The Labute approximate surface area is 68.8 Å². The number of pyridine rings is 1. The van der Waals surface area contributed by atoms with Gasteiger partial charge in [0.05, 0.1) is 6.61 Å². The molecular weight excluding hydrogens is 160 g/mol. The van der Waals surface area contributed by atoms with Crippen molar-refractivity contribution in [1.29, 1.82) is 0 Å². The molecule has 0 atom stereocenters. The second-order valence-electron chi connectivity index (χ2n) is 2.16. The van der Waals surface area contributed by atoms with E-state index < -0.39 is 0 Å². The number of nitrogens with one attached hydrogen (secondary N) is 1. The van der Waals surface area contributed by atoms with Gasteiger partial charge in [0, 0.05) is 6.20 Å². The van der Waals surface area contributed by atoms with Gasteiger partial charge >= 0.3 is 0 Å². The van der Waals surface area contributed by atoms with Crippen LogP contribution in [0.4, 0.5) is 5.69 Å². The molecule has 0 bridgehead atoms. The lowest BCUT2D eigenvalue weighted by atomic mass is 10.4. The maximum Gasteiger partial charge on any atom is 0.274 e. The molecule has 0 fully saturated rings. The molecule has 0 aromatic carbocycles. The Morgan fingerprint density at radius 2 is 2.42 bits per heavy atom. The first-order valence-electron chi connectivity index (χ1n) is 3.46. The minimum absolute atomic E-state index is 0.0333. The number of ether oxygens (including phenoxy) is 1. The highest BCUT2D eigenvalue weighted by Gasteiger charge is 2.01. The molecule has 0 aliphatic heterocycles. The molecule has 5 heteroatoms. The molecule has 0 saturated carbocycles. The first-order chi connectivity index (χ1) is 5.75. The van der Waals surface area contributed by atoms with Crippen LogP contribution in [-0.4, -0.2) is 23.3 Å². The Hall–Kier alpha value is -1.49. The van der Waals surface area contributed by atoms with Crippen molar-refractivity contribution in [2.75, 3.05) is 18.9 Å². The summed E-state index contributed by atoms with van der Waals surface area (Å²) in [5.41, 5.74) is 5.02. The van der Waals surface area contributed by atoms with Crippen molar-refractivity contribution in [2.45, 2.75) is 0 Å². The summed E-state index contributed by atoms with van der Waals surface area (Å²) < 4.78 is 4.97. The van der Waals surface area contributed by atoms with Gasteiger partial charge in [-0.25, -0.2) is 0 Å². The number of hydrogen-bond acceptors (Lipinski definition) is 4. The van der Waals surface area contributed by atoms with Crippen LogP contribution < -0.4 is 16.0 Å². The van der Waals surface area contributed by atoms with E-state index in [-0.39, 0.29) is 24.5 Å². The van der Waals surface area contributed by atoms with Gasteiger partial charge in [-0.3, -0.25) is 4.79 Å². The molecular formula is C7H10N2O3. The lowest BCUT2D eigenvalue weighted by Crippen LogP contribution is -2.13. The zero-order chi connectivity index (χ0) is 8.97. The second kappa shape index (κ2) is 3.77. The quantitative estimate of drug-likeness (QED) is 0.561. The number of aromatic nitrogens is 1. The second-order valence-corrected chi connectivity index (χ2v) is 2.16. The number of aliphatic hydroxyl groups is 1. The smallest absolute Gasteiger partial charge is 0.274 e. The van der Waals surface area contributed by atoms with Crippen LogP contribution in [0.5, 0.6) is 5.75 Å². The van der Waals surface area contributed by atoms with E-state index in [2.05, 4.69) is 4.98 Å². The van der Waals surface area contributed by atoms with E-state index in [0.717, 1.165) is 0 Å². The number of aromatic amines is 1. The zero-order valence-corrected chi connectivity index (χ0v) is 6.41. The highest BCUT2D eigenvalue weighted by molar-refractivity contribution is 5.49. The molecule has 5 nitrogen and oxygen atoms in total. The number of rotatable bonds is 3. The molecule has 0 unspecified atom stereocenters. The molecule has 1 aromatic rings. The average molecular weight is 170 g/mol. The van der Waals surface area contributed by atoms with Crippen LogP contribution in [0.1, 0.15) is 0 Å². The van der Waals surface area contributed by atoms with E-state index in [1.54, 1.807) is 0 Å². The largest absolute Gasteiger partial charge is 0.489 e. The lowest BCUT2D eigenvalue weighted by molar-refractivity contribution is 0.202. The van der Waals surface area contributed by atoms with Crippen molar-refractivity contribution in [3.63, 3.8) is 0 Å². The standard InChI is InChI=1S/C7H10N2O3/c8-6-5(12-4-3-10)1-2-9-7(6)11/h1-2,10H,3-4,8H2,(H,9,11). The fourth-order valence-electron chi connectivity index (χ4n) is 0.754. The van der Waals surface area contributed by atoms with E-state index in [4.69, 9.17) is 15.6 Å². The molecule has 0 radical (unpaired) electrons. The van der Waals surface area contributed by atoms with Crippen LogP contribution in [0.3, 0.4) is 0 Å². The Morgan fingerprint density at radius 3 is 3.08 bits per heavy atom. The number of aliphatic hydroxyl groups excluding tert-OH is 1. The van der Waals surface area contributed by atoms with Crippen LogP contribution in [0.15, 0.2) is 17.1 Å². The highest BCUT2D eigenvalue weighted by atomic mass is 16.5. The molecule has 1 aromatic heterocycles. The van der Waals surface area contributed by atoms with Gasteiger partial charge in [0.1, 0.15) is 18.0 Å². The molecule has 1 heterocycles. The molecule has 0 saturated heterocycles. The third kappa shape index (κ3) is 1.76. The van der Waals surface area contributed by atoms with E-state index in [1.165, 1.54) is 12.3 Å². The average Bonchev–Trinajstić information content (AvgIpc) is 2.08. The number of hydrogen-bond donors (Lipinski definition) is 3. The molecule has 0 spiro atoms. The number of H-pyrrole nitrogens is 1. The van der Waals surface area contributed by atoms with Gasteiger partial charge < -0.3 is 20.6 Å². The topological polar surface area (TPSA) is 88.3 Å². The molecule has 4 N–H and O–H groups in total. The molecule has 12 heavy (non-hydrogen) atoms. The molecule has 1 rings (SSSR count). The maximum atomic E-state index is 10.9. The molecule has 66 valence electrons. The van der Waals surface area contributed by atoms with Crippen molar-refractivity contribution in [3.8, 4) is 5.75 Å². The fourth-order valence-corrected chi connectivity index (χ4v) is 0.754. The van der Waals surface area contributed by atoms with Crippen molar-refractivity contribution in [3.05, 3.63) is 22.6 Å². The van der Waals surface area contributed by atoms with Gasteiger partial charge in [0.2, 0.25) is 0 Å². The van der Waals surface area contributed by atoms with E-state index in [9.17, 15) is 4.79 Å². The fraction of sp³-hybridized carbons (Fsp3) is 0.286. The highest BCUT2D eigenvalue weighted by Crippen LogP contribution is 2.13. The number of anilines is 1. The van der Waals surface area contributed by atoms with E-state index in [1.807, 2.05) is 0 Å². The van der Waals surface area contributed by atoms with Gasteiger partial charge in [-0.2, -0.15) is 0 Å². The van der Waals surface area contributed by atoms with E-state index in [0.29, 0.717) is 5.75 Å². The summed E-state index contributed by atoms with van der Waals surface area (Å²) in [4.78, 5) is 13.3. The normalized spacial score (nSPS) is 9.75. The predicted octanol–water partition coefficient (Wildman–Crippen LogP) is -0.672. The minimum Gasteiger partial charge on any atom is -0.489 e. The van der Waals surface area contributed by atoms with Crippen molar-refractivity contribution in [2.24, 2.45) is 0 Å². The van der Waals surface area contributed by atoms with Gasteiger partial charge in [-0.15, -0.1) is 0 Å². The van der Waals surface area contributed by atoms with Gasteiger partial charge in [0.15, 0.2) is 0 Å². The van der Waals surface area contributed by atoms with E-state index >= 15 is 0 Å². The van der Waals surface area contributed by atoms with Gasteiger partial charge in [-0.05, 0) is 6.07 Å². The summed E-state index contributed by atoms with van der Waals surface area (Å²) >= 11 is 0. The Balaban J connectivity index is 2.85. The number of nitrogen functional groups attached to an aromatic ring is 1. The third-order valence-electron chi connectivity index (χ3n) is 1.31. The summed E-state index contributed by atoms with van der Waals surface area (Å²) in [5.74, 6) is 0.299. The molecule has 0 aliphatic rings. The summed E-state index contributed by atoms with van der Waals surface area (Å²) in [6, 6.07) is 1.53. The molecule has 0 amide bonds. The first kappa shape index (κ1) is 8.61. The van der Waals surface area contributed by atoms with Crippen LogP contribution in [0.25, 0.3) is 0 Å². The van der Waals surface area contributed by atoms with Gasteiger partial charge in [0.25, 0.3) is 5.56 Å². The Bertz CT molecular complexity index is 308. The van der Waals surface area contributed by atoms with Gasteiger partial charge in [-0.1, -0.05) is 0 Å². The summed E-state index contributed by atoms with van der Waals surface area (Å²) in [5, 5.41) is 8.44. The Kier molecular flexibility index (Phi) is 2.71. The molecule has 0 aliphatic carbocycles. The predicted molar refractivity (Wildman–Crippen MR) is 44.1 cm³/mol. The van der Waals surface area contributed by atoms with Crippen molar-refractivity contribution >= 4 is 5.69 Å². The maximum absolute atomic E-state index is 10.9. The van der Waals surface area contributed by atoms with Crippen LogP contribution in [0.2, 0.25) is 0 Å². The first-order valence-corrected chi connectivity index (χ1v) is 3.46. The van der Waals surface area contributed by atoms with Crippen LogP contribution in [0, 0.1) is 0 Å². The van der Waals surface area contributed by atoms with Crippen LogP contribution in [-0.2, 0) is 0 Å². The van der Waals surface area contributed by atoms with Crippen molar-refractivity contribution in [1.82, 2.24) is 4.98 Å². The summed E-state index contributed by atoms with van der Waals surface area (Å²) in [6.45, 7) is 0.0277. The number of nitrogens with two attached hydrogens (primary N) is 1.